The van der Waals surface area contributed by atoms with Crippen LogP contribution in [0.4, 0.5) is 0 Å². The number of benzene rings is 4. The predicted molar refractivity (Wildman–Crippen MR) is 214 cm³/mol. The molecule has 13 heteroatoms. The number of nitrogens with two attached hydrogens (primary N) is 1. The summed E-state index contributed by atoms with van der Waals surface area (Å²) >= 11 is 0. The summed E-state index contributed by atoms with van der Waals surface area (Å²) < 4.78 is 52.9. The Bertz CT molecular complexity index is 2040. The Kier molecular flexibility index (Phi) is 15.0. The van der Waals surface area contributed by atoms with Crippen LogP contribution in [0.5, 0.6) is 40.2 Å². The Hall–Kier alpha value is -5.76. The lowest BCUT2D eigenvalue weighted by Crippen LogP contribution is -2.12. The highest BCUT2D eigenvalue weighted by molar-refractivity contribution is 5.96. The summed E-state index contributed by atoms with van der Waals surface area (Å²) in [5.41, 5.74) is 10.8. The van der Waals surface area contributed by atoms with E-state index in [0.29, 0.717) is 115 Å². The molecule has 5 aromatic rings. The van der Waals surface area contributed by atoms with Gasteiger partial charge in [-0.3, -0.25) is 4.79 Å². The van der Waals surface area contributed by atoms with E-state index in [1.165, 1.54) is 0 Å². The first-order valence-corrected chi connectivity index (χ1v) is 18.2. The van der Waals surface area contributed by atoms with Crippen LogP contribution in [0, 0.1) is 0 Å². The fraction of sp³-hybridized carbons (Fsp3) is 0.349. The standard InChI is InChI=1S/C43H51N3O10/c1-48-34-16-14-30(23-36(34)50-3)40-41(31-15-17-35(49-2)37(24-31)51-4)46(43(45-40)32-25-38(52-5)42(54-7)39(26-32)53-6)27-28-10-12-29(13-11-28)33(47)9-8-19-55-21-22-56-20-18-44/h10-17,23-26H,8-9,18-22,27,44H2,1-7H3. The van der Waals surface area contributed by atoms with Crippen LogP contribution >= 0.6 is 0 Å². The molecule has 0 bridgehead atoms. The van der Waals surface area contributed by atoms with Gasteiger partial charge in [0.15, 0.2) is 40.3 Å². The minimum absolute atomic E-state index is 0.0435. The van der Waals surface area contributed by atoms with Gasteiger partial charge in [-0.25, -0.2) is 4.98 Å². The average Bonchev–Trinajstić information content (AvgIpc) is 3.62. The molecule has 5 rings (SSSR count). The molecule has 0 aliphatic heterocycles. The third kappa shape index (κ3) is 9.54. The van der Waals surface area contributed by atoms with Crippen molar-refractivity contribution in [2.75, 3.05) is 82.7 Å². The molecule has 1 heterocycles. The number of imidazole rings is 1. The third-order valence-electron chi connectivity index (χ3n) is 9.15. The normalized spacial score (nSPS) is 10.9. The Morgan fingerprint density at radius 2 is 1.12 bits per heavy atom. The van der Waals surface area contributed by atoms with E-state index in [9.17, 15) is 4.79 Å². The highest BCUT2D eigenvalue weighted by atomic mass is 16.5. The van der Waals surface area contributed by atoms with Crippen LogP contribution in [0.25, 0.3) is 33.9 Å². The minimum Gasteiger partial charge on any atom is -0.493 e. The van der Waals surface area contributed by atoms with Crippen LogP contribution in [0.15, 0.2) is 72.8 Å². The monoisotopic (exact) mass is 769 g/mol. The van der Waals surface area contributed by atoms with E-state index < -0.39 is 0 Å². The molecule has 0 fully saturated rings. The first kappa shape index (κ1) is 41.4. The number of aromatic nitrogens is 2. The largest absolute Gasteiger partial charge is 0.493 e. The van der Waals surface area contributed by atoms with Gasteiger partial charge in [-0.1, -0.05) is 24.3 Å². The van der Waals surface area contributed by atoms with Crippen molar-refractivity contribution in [1.29, 1.82) is 0 Å². The van der Waals surface area contributed by atoms with Crippen LogP contribution in [-0.2, 0) is 16.0 Å². The summed E-state index contributed by atoms with van der Waals surface area (Å²) in [6, 6.07) is 22.8. The number of methoxy groups -OCH3 is 7. The maximum absolute atomic E-state index is 13.1. The number of carbonyl (C=O) groups excluding carboxylic acids is 1. The van der Waals surface area contributed by atoms with Gasteiger partial charge < -0.3 is 52.9 Å². The zero-order valence-corrected chi connectivity index (χ0v) is 33.1. The molecule has 0 saturated carbocycles. The van der Waals surface area contributed by atoms with Gasteiger partial charge >= 0.3 is 0 Å². The Morgan fingerprint density at radius 3 is 1.68 bits per heavy atom. The quantitative estimate of drug-likeness (QED) is 0.0575. The Balaban J connectivity index is 1.62. The first-order valence-electron chi connectivity index (χ1n) is 18.2. The van der Waals surface area contributed by atoms with Crippen molar-refractivity contribution < 1.29 is 47.4 Å². The van der Waals surface area contributed by atoms with E-state index in [1.54, 1.807) is 49.8 Å². The second kappa shape index (κ2) is 20.2. The second-order valence-electron chi connectivity index (χ2n) is 12.5. The minimum atomic E-state index is 0.0435. The molecular formula is C43H51N3O10. The van der Waals surface area contributed by atoms with Crippen LogP contribution < -0.4 is 38.9 Å². The van der Waals surface area contributed by atoms with Gasteiger partial charge in [-0.05, 0) is 60.5 Å². The van der Waals surface area contributed by atoms with Gasteiger partial charge in [0, 0.05) is 48.4 Å². The van der Waals surface area contributed by atoms with E-state index in [-0.39, 0.29) is 5.78 Å². The van der Waals surface area contributed by atoms with Crippen LogP contribution in [0.1, 0.15) is 28.8 Å². The SMILES string of the molecule is COc1ccc(-c2nc(-c3cc(OC)c(OC)c(OC)c3)n(Cc3ccc(C(=O)CCCOCCOCCN)cc3)c2-c2ccc(OC)c(OC)c2)cc1OC. The molecule has 0 saturated heterocycles. The van der Waals surface area contributed by atoms with Crippen LogP contribution in [0.3, 0.4) is 0 Å². The highest BCUT2D eigenvalue weighted by Gasteiger charge is 2.26. The van der Waals surface area contributed by atoms with Crippen molar-refractivity contribution in [3.8, 4) is 74.1 Å². The summed E-state index contributed by atoms with van der Waals surface area (Å²) in [6.07, 6.45) is 0.978. The summed E-state index contributed by atoms with van der Waals surface area (Å²) in [5, 5.41) is 0. The zero-order chi connectivity index (χ0) is 40.0. The van der Waals surface area contributed by atoms with Crippen molar-refractivity contribution in [2.45, 2.75) is 19.4 Å². The first-order chi connectivity index (χ1) is 27.3. The Morgan fingerprint density at radius 1 is 0.589 bits per heavy atom. The molecular weight excluding hydrogens is 718 g/mol. The molecule has 1 aromatic heterocycles. The molecule has 0 spiro atoms. The maximum atomic E-state index is 13.1. The van der Waals surface area contributed by atoms with Crippen molar-refractivity contribution in [2.24, 2.45) is 5.73 Å². The number of Topliss-reactive ketones (excluding diaryl/α,β-unsaturated/α-hetero) is 1. The van der Waals surface area contributed by atoms with Crippen LogP contribution in [-0.4, -0.2) is 98.1 Å². The molecule has 13 nitrogen and oxygen atoms in total. The molecule has 298 valence electrons. The lowest BCUT2D eigenvalue weighted by Gasteiger charge is -2.17. The zero-order valence-electron chi connectivity index (χ0n) is 33.1. The van der Waals surface area contributed by atoms with E-state index >= 15 is 0 Å². The Labute approximate surface area is 328 Å². The van der Waals surface area contributed by atoms with Crippen molar-refractivity contribution in [3.63, 3.8) is 0 Å². The van der Waals surface area contributed by atoms with Crippen molar-refractivity contribution in [1.82, 2.24) is 9.55 Å². The summed E-state index contributed by atoms with van der Waals surface area (Å²) in [6.45, 7) is 2.78. The van der Waals surface area contributed by atoms with Crippen LogP contribution in [0.2, 0.25) is 0 Å². The van der Waals surface area contributed by atoms with Gasteiger partial charge in [0.05, 0.1) is 81.0 Å². The number of ether oxygens (including phenoxy) is 9. The van der Waals surface area contributed by atoms with Gasteiger partial charge in [0.25, 0.3) is 0 Å². The molecule has 0 aliphatic rings. The number of hydrogen-bond acceptors (Lipinski definition) is 12. The van der Waals surface area contributed by atoms with E-state index in [4.69, 9.17) is 53.3 Å². The molecule has 2 N–H and O–H groups in total. The molecule has 4 aromatic carbocycles. The second-order valence-corrected chi connectivity index (χ2v) is 12.5. The fourth-order valence-corrected chi connectivity index (χ4v) is 6.36. The van der Waals surface area contributed by atoms with Crippen molar-refractivity contribution >= 4 is 5.78 Å². The lowest BCUT2D eigenvalue weighted by molar-refractivity contribution is 0.0489. The van der Waals surface area contributed by atoms with E-state index in [0.717, 1.165) is 22.4 Å². The molecule has 0 aliphatic carbocycles. The third-order valence-corrected chi connectivity index (χ3v) is 9.15. The molecule has 0 amide bonds. The molecule has 0 radical (unpaired) electrons. The predicted octanol–water partition coefficient (Wildman–Crippen LogP) is 6.95. The van der Waals surface area contributed by atoms with Gasteiger partial charge in [0.1, 0.15) is 5.82 Å². The van der Waals surface area contributed by atoms with E-state index in [2.05, 4.69) is 4.57 Å². The molecule has 0 unspecified atom stereocenters. The lowest BCUT2D eigenvalue weighted by atomic mass is 10.0. The smallest absolute Gasteiger partial charge is 0.203 e. The number of hydrogen-bond donors (Lipinski definition) is 1. The number of rotatable bonds is 22. The maximum Gasteiger partial charge on any atom is 0.203 e. The number of ketones is 1. The topological polar surface area (TPSA) is 144 Å². The average molecular weight is 770 g/mol. The van der Waals surface area contributed by atoms with Crippen molar-refractivity contribution in [3.05, 3.63) is 83.9 Å². The van der Waals surface area contributed by atoms with E-state index in [1.807, 2.05) is 72.8 Å². The summed E-state index contributed by atoms with van der Waals surface area (Å²) in [5.74, 6) is 4.35. The van der Waals surface area contributed by atoms with Gasteiger partial charge in [-0.2, -0.15) is 0 Å². The summed E-state index contributed by atoms with van der Waals surface area (Å²) in [7, 11) is 11.1. The molecule has 0 atom stereocenters. The molecule has 56 heavy (non-hydrogen) atoms. The highest BCUT2D eigenvalue weighted by Crippen LogP contribution is 2.45. The number of nitrogens with zero attached hydrogens (tertiary/aromatic N) is 2. The fourth-order valence-electron chi connectivity index (χ4n) is 6.36. The number of carbonyl (C=O) groups is 1. The van der Waals surface area contributed by atoms with Gasteiger partial charge in [0.2, 0.25) is 5.75 Å². The van der Waals surface area contributed by atoms with Gasteiger partial charge in [-0.15, -0.1) is 0 Å². The summed E-state index contributed by atoms with van der Waals surface area (Å²) in [4.78, 5) is 18.5.